The normalized spacial score (nSPS) is 25.7. The van der Waals surface area contributed by atoms with E-state index in [1.54, 1.807) is 0 Å². The number of nitrogens with zero attached hydrogens (tertiary/aromatic N) is 6. The van der Waals surface area contributed by atoms with Crippen molar-refractivity contribution in [1.29, 1.82) is 5.26 Å². The topological polar surface area (TPSA) is 121 Å². The third kappa shape index (κ3) is 5.73. The van der Waals surface area contributed by atoms with Gasteiger partial charge in [0.15, 0.2) is 5.82 Å². The fraction of sp³-hybridized carbons (Fsp3) is 0.538. The molecular formula is C39H42F3N7O3S. The molecule has 0 spiro atoms. The Morgan fingerprint density at radius 2 is 1.89 bits per heavy atom. The van der Waals surface area contributed by atoms with Gasteiger partial charge in [0.05, 0.1) is 27.9 Å². The first-order valence-corrected chi connectivity index (χ1v) is 19.4. The number of anilines is 2. The van der Waals surface area contributed by atoms with E-state index in [0.717, 1.165) is 62.0 Å². The van der Waals surface area contributed by atoms with E-state index < -0.39 is 28.9 Å². The molecule has 1 aliphatic carbocycles. The predicted molar refractivity (Wildman–Crippen MR) is 197 cm³/mol. The van der Waals surface area contributed by atoms with Gasteiger partial charge in [-0.05, 0) is 95.0 Å². The highest BCUT2D eigenvalue weighted by Crippen LogP contribution is 2.51. The molecule has 4 aliphatic heterocycles. The standard InChI is InChI=1S/C39H42F3N7O3S/c1-38(2,3)52-37(50)49-22-7-8-23(49)18-47(17-22)35-26-13-25(20-5-6-20)29(24-9-10-28(41)33-30(24)27(15-43)34(44)53-33)31(42)32(26)45-36(46-35)51-19-39-11-4-12-48(39)16-21(40)14-39/h9-10,13,20-23H,4-8,11-12,14,16-19,44H2,1-3H3/t21-,22?,23?,39+/m1/s1. The summed E-state index contributed by atoms with van der Waals surface area (Å²) in [4.78, 5) is 29.1. The van der Waals surface area contributed by atoms with Crippen molar-refractivity contribution in [2.24, 2.45) is 0 Å². The average molecular weight is 746 g/mol. The lowest BCUT2D eigenvalue weighted by Gasteiger charge is -2.42. The zero-order chi connectivity index (χ0) is 37.0. The van der Waals surface area contributed by atoms with Crippen LogP contribution in [0, 0.1) is 23.0 Å². The number of alkyl halides is 1. The Kier molecular flexibility index (Phi) is 8.02. The molecule has 6 heterocycles. The van der Waals surface area contributed by atoms with Gasteiger partial charge in [0.2, 0.25) is 0 Å². The first kappa shape index (κ1) is 34.4. The molecule has 4 atom stereocenters. The second kappa shape index (κ2) is 12.3. The van der Waals surface area contributed by atoms with Crippen molar-refractivity contribution in [3.63, 3.8) is 0 Å². The molecule has 4 saturated heterocycles. The minimum absolute atomic E-state index is 0.0104. The first-order valence-electron chi connectivity index (χ1n) is 18.6. The fourth-order valence-corrected chi connectivity index (χ4v) is 10.3. The van der Waals surface area contributed by atoms with Gasteiger partial charge in [-0.2, -0.15) is 15.2 Å². The number of amides is 1. The molecule has 5 aliphatic rings. The van der Waals surface area contributed by atoms with E-state index in [4.69, 9.17) is 25.2 Å². The van der Waals surface area contributed by atoms with E-state index in [0.29, 0.717) is 42.8 Å². The van der Waals surface area contributed by atoms with E-state index >= 15 is 8.78 Å². The predicted octanol–water partition coefficient (Wildman–Crippen LogP) is 7.66. The van der Waals surface area contributed by atoms with Crippen LogP contribution in [0.2, 0.25) is 0 Å². The van der Waals surface area contributed by atoms with Crippen LogP contribution >= 0.6 is 11.3 Å². The average Bonchev–Trinajstić information content (AvgIpc) is 3.58. The number of thiophene rings is 1. The minimum atomic E-state index is -0.943. The molecule has 0 radical (unpaired) electrons. The van der Waals surface area contributed by atoms with Crippen molar-refractivity contribution in [2.45, 2.75) is 101 Å². The third-order valence-electron chi connectivity index (χ3n) is 11.8. The summed E-state index contributed by atoms with van der Waals surface area (Å²) >= 11 is 0.977. The number of carbonyl (C=O) groups is 1. The molecular weight excluding hydrogens is 704 g/mol. The van der Waals surface area contributed by atoms with Gasteiger partial charge >= 0.3 is 12.1 Å². The number of piperazine rings is 1. The molecule has 10 nitrogen and oxygen atoms in total. The lowest BCUT2D eigenvalue weighted by Crippen LogP contribution is -2.57. The van der Waals surface area contributed by atoms with E-state index in [9.17, 15) is 14.4 Å². The summed E-state index contributed by atoms with van der Waals surface area (Å²) in [6.07, 6.45) is 4.11. The van der Waals surface area contributed by atoms with E-state index in [1.165, 1.54) is 12.1 Å². The van der Waals surface area contributed by atoms with Gasteiger partial charge in [-0.25, -0.2) is 18.0 Å². The minimum Gasteiger partial charge on any atom is -0.461 e. The number of rotatable bonds is 6. The van der Waals surface area contributed by atoms with Crippen molar-refractivity contribution in [3.05, 3.63) is 41.0 Å². The molecule has 1 saturated carbocycles. The Hall–Kier alpha value is -4.35. The third-order valence-corrected chi connectivity index (χ3v) is 12.8. The van der Waals surface area contributed by atoms with Crippen LogP contribution in [-0.2, 0) is 4.74 Å². The smallest absolute Gasteiger partial charge is 0.410 e. The molecule has 2 aromatic carbocycles. The molecule has 2 N–H and O–H groups in total. The lowest BCUT2D eigenvalue weighted by atomic mass is 9.91. The van der Waals surface area contributed by atoms with Gasteiger partial charge in [0, 0.05) is 42.4 Å². The Bertz CT molecular complexity index is 2200. The number of hydrogen-bond acceptors (Lipinski definition) is 10. The van der Waals surface area contributed by atoms with Crippen LogP contribution in [0.15, 0.2) is 18.2 Å². The number of nitriles is 1. The number of hydrogen-bond donors (Lipinski definition) is 1. The van der Waals surface area contributed by atoms with Crippen LogP contribution in [0.1, 0.15) is 82.8 Å². The summed E-state index contributed by atoms with van der Waals surface area (Å²) in [7, 11) is 0. The van der Waals surface area contributed by atoms with E-state index in [-0.39, 0.29) is 68.4 Å². The summed E-state index contributed by atoms with van der Waals surface area (Å²) in [5.74, 6) is -0.576. The number of aromatic nitrogens is 2. The lowest BCUT2D eigenvalue weighted by molar-refractivity contribution is 0.0122. The van der Waals surface area contributed by atoms with E-state index in [2.05, 4.69) is 15.9 Å². The Balaban J connectivity index is 1.19. The number of benzene rings is 2. The van der Waals surface area contributed by atoms with Crippen molar-refractivity contribution in [2.75, 3.05) is 43.4 Å². The number of fused-ring (bicyclic) bond motifs is 5. The second-order valence-corrected chi connectivity index (χ2v) is 17.5. The molecule has 2 unspecified atom stereocenters. The number of halogens is 3. The number of ether oxygens (including phenoxy) is 2. The molecule has 9 rings (SSSR count). The Morgan fingerprint density at radius 3 is 2.58 bits per heavy atom. The zero-order valence-electron chi connectivity index (χ0n) is 30.1. The molecule has 53 heavy (non-hydrogen) atoms. The van der Waals surface area contributed by atoms with Gasteiger partial charge < -0.3 is 20.1 Å². The highest BCUT2D eigenvalue weighted by atomic mass is 32.1. The number of carbonyl (C=O) groups excluding carboxylic acids is 1. The quantitative estimate of drug-likeness (QED) is 0.212. The summed E-state index contributed by atoms with van der Waals surface area (Å²) in [5, 5.41) is 11.0. The second-order valence-electron chi connectivity index (χ2n) is 16.4. The van der Waals surface area contributed by atoms with Crippen LogP contribution in [0.3, 0.4) is 0 Å². The largest absolute Gasteiger partial charge is 0.461 e. The van der Waals surface area contributed by atoms with Gasteiger partial charge in [-0.3, -0.25) is 9.80 Å². The molecule has 4 aromatic rings. The van der Waals surface area contributed by atoms with Gasteiger partial charge in [-0.1, -0.05) is 6.07 Å². The molecule has 5 fully saturated rings. The van der Waals surface area contributed by atoms with Gasteiger partial charge in [0.1, 0.15) is 46.6 Å². The monoisotopic (exact) mass is 745 g/mol. The Labute approximate surface area is 309 Å². The Morgan fingerprint density at radius 1 is 1.13 bits per heavy atom. The summed E-state index contributed by atoms with van der Waals surface area (Å²) in [5.41, 5.74) is 6.64. The molecule has 2 aromatic heterocycles. The first-order chi connectivity index (χ1) is 25.3. The van der Waals surface area contributed by atoms with Gasteiger partial charge in [0.25, 0.3) is 0 Å². The fourth-order valence-electron chi connectivity index (χ4n) is 9.35. The summed E-state index contributed by atoms with van der Waals surface area (Å²) in [6, 6.07) is 6.62. The van der Waals surface area contributed by atoms with Crippen molar-refractivity contribution in [3.8, 4) is 23.2 Å². The number of nitrogen functional groups attached to an aromatic ring is 1. The maximum Gasteiger partial charge on any atom is 0.410 e. The van der Waals surface area contributed by atoms with Crippen LogP contribution in [-0.4, -0.2) is 88.0 Å². The van der Waals surface area contributed by atoms with Crippen molar-refractivity contribution < 1.29 is 27.4 Å². The van der Waals surface area contributed by atoms with Crippen LogP contribution in [0.4, 0.5) is 28.8 Å². The molecule has 2 bridgehead atoms. The maximum absolute atomic E-state index is 17.6. The molecule has 1 amide bonds. The van der Waals surface area contributed by atoms with Crippen molar-refractivity contribution in [1.82, 2.24) is 19.8 Å². The van der Waals surface area contributed by atoms with Crippen LogP contribution in [0.5, 0.6) is 6.01 Å². The highest BCUT2D eigenvalue weighted by molar-refractivity contribution is 7.23. The SMILES string of the molecule is CC(C)(C)OC(=O)N1C2CCC1CN(c1nc(OC[C@@]34CCCN3C[C@H](F)C4)nc3c(F)c(-c4ccc(F)c5sc(N)c(C#N)c45)c(C4CC4)cc13)C2. The van der Waals surface area contributed by atoms with Crippen LogP contribution in [0.25, 0.3) is 32.1 Å². The molecule has 278 valence electrons. The summed E-state index contributed by atoms with van der Waals surface area (Å²) in [6.45, 7) is 7.82. The number of nitrogens with two attached hydrogens (primary N) is 1. The van der Waals surface area contributed by atoms with Crippen molar-refractivity contribution >= 4 is 49.2 Å². The maximum atomic E-state index is 17.6. The zero-order valence-corrected chi connectivity index (χ0v) is 30.9. The highest BCUT2D eigenvalue weighted by Gasteiger charge is 2.50. The van der Waals surface area contributed by atoms with E-state index in [1.807, 2.05) is 31.7 Å². The van der Waals surface area contributed by atoms with Crippen LogP contribution < -0.4 is 15.4 Å². The van der Waals surface area contributed by atoms with Gasteiger partial charge in [-0.15, -0.1) is 11.3 Å². The summed E-state index contributed by atoms with van der Waals surface area (Å²) < 4.78 is 59.8. The molecule has 14 heteroatoms.